The number of rotatable bonds is 7. The van der Waals surface area contributed by atoms with Crippen molar-refractivity contribution in [1.82, 2.24) is 9.47 Å². The van der Waals surface area contributed by atoms with Crippen LogP contribution < -0.4 is 11.1 Å². The second-order valence-electron chi connectivity index (χ2n) is 8.33. The Labute approximate surface area is 201 Å². The van der Waals surface area contributed by atoms with Crippen molar-refractivity contribution in [2.24, 2.45) is 5.73 Å². The summed E-state index contributed by atoms with van der Waals surface area (Å²) in [4.78, 5) is 28.1. The molecule has 0 unspecified atom stereocenters. The second kappa shape index (κ2) is 9.80. The standard InChI is InChI=1S/C26H26N4O3S/c27-26(32)25-21(28-24(31)17-29-10-12-33-13-11-29)14-23(34-25)20-16-30(15-18-6-2-1-3-7-18)22-9-5-4-8-19(20)22/h1-9,14,16H,10-13,15,17H2,(H2,27,32)(H,28,31). The number of aromatic nitrogens is 1. The van der Waals surface area contributed by atoms with E-state index < -0.39 is 5.91 Å². The Hall–Kier alpha value is -3.46. The van der Waals surface area contributed by atoms with E-state index in [1.807, 2.05) is 41.3 Å². The van der Waals surface area contributed by atoms with Gasteiger partial charge in [-0.15, -0.1) is 11.3 Å². The minimum atomic E-state index is -0.550. The van der Waals surface area contributed by atoms with Gasteiger partial charge in [0.2, 0.25) is 5.91 Å². The molecule has 0 bridgehead atoms. The summed E-state index contributed by atoms with van der Waals surface area (Å²) < 4.78 is 7.55. The first kappa shape index (κ1) is 22.3. The number of anilines is 1. The van der Waals surface area contributed by atoms with Gasteiger partial charge in [-0.3, -0.25) is 14.5 Å². The number of thiophene rings is 1. The largest absolute Gasteiger partial charge is 0.379 e. The SMILES string of the molecule is NC(=O)c1sc(-c2cn(Cc3ccccc3)c3ccccc23)cc1NC(=O)CN1CCOCC1. The molecule has 2 aromatic carbocycles. The van der Waals surface area contributed by atoms with Gasteiger partial charge in [0.15, 0.2) is 0 Å². The number of nitrogens with one attached hydrogen (secondary N) is 1. The summed E-state index contributed by atoms with van der Waals surface area (Å²) >= 11 is 1.31. The lowest BCUT2D eigenvalue weighted by Gasteiger charge is -2.25. The molecular weight excluding hydrogens is 448 g/mol. The number of carbonyl (C=O) groups excluding carboxylic acids is 2. The van der Waals surface area contributed by atoms with Crippen LogP contribution in [-0.2, 0) is 16.1 Å². The highest BCUT2D eigenvalue weighted by Gasteiger charge is 2.21. The van der Waals surface area contributed by atoms with Gasteiger partial charge in [0.25, 0.3) is 5.91 Å². The molecule has 3 N–H and O–H groups in total. The molecule has 0 spiro atoms. The Morgan fingerprint density at radius 1 is 1.03 bits per heavy atom. The maximum atomic E-state index is 12.7. The summed E-state index contributed by atoms with van der Waals surface area (Å²) in [6.07, 6.45) is 2.10. The van der Waals surface area contributed by atoms with Gasteiger partial charge < -0.3 is 20.4 Å². The highest BCUT2D eigenvalue weighted by molar-refractivity contribution is 7.18. The van der Waals surface area contributed by atoms with Crippen molar-refractivity contribution in [2.75, 3.05) is 38.2 Å². The molecule has 8 heteroatoms. The van der Waals surface area contributed by atoms with Crippen LogP contribution in [0, 0.1) is 0 Å². The lowest BCUT2D eigenvalue weighted by molar-refractivity contribution is -0.118. The van der Waals surface area contributed by atoms with Crippen LogP contribution >= 0.6 is 11.3 Å². The molecule has 174 valence electrons. The summed E-state index contributed by atoms with van der Waals surface area (Å²) in [5.41, 5.74) is 9.45. The van der Waals surface area contributed by atoms with Crippen LogP contribution in [0.1, 0.15) is 15.2 Å². The molecule has 1 fully saturated rings. The van der Waals surface area contributed by atoms with E-state index in [1.54, 1.807) is 0 Å². The fraction of sp³-hybridized carbons (Fsp3) is 0.231. The van der Waals surface area contributed by atoms with E-state index in [9.17, 15) is 9.59 Å². The molecule has 2 amide bonds. The molecule has 5 rings (SSSR count). The quantitative estimate of drug-likeness (QED) is 0.427. The smallest absolute Gasteiger partial charge is 0.260 e. The van der Waals surface area contributed by atoms with Gasteiger partial charge in [-0.25, -0.2) is 0 Å². The third-order valence-electron chi connectivity index (χ3n) is 5.95. The number of hydrogen-bond acceptors (Lipinski definition) is 5. The van der Waals surface area contributed by atoms with Gasteiger partial charge in [-0.05, 0) is 17.7 Å². The molecule has 0 aliphatic carbocycles. The number of fused-ring (bicyclic) bond motifs is 1. The van der Waals surface area contributed by atoms with E-state index in [4.69, 9.17) is 10.5 Å². The van der Waals surface area contributed by atoms with Gasteiger partial charge in [-0.1, -0.05) is 48.5 Å². The molecule has 2 aromatic heterocycles. The summed E-state index contributed by atoms with van der Waals surface area (Å²) in [6.45, 7) is 3.66. The summed E-state index contributed by atoms with van der Waals surface area (Å²) in [6, 6.07) is 20.3. The molecule has 34 heavy (non-hydrogen) atoms. The molecule has 0 radical (unpaired) electrons. The van der Waals surface area contributed by atoms with Crippen LogP contribution in [0.25, 0.3) is 21.3 Å². The molecule has 4 aromatic rings. The highest BCUT2D eigenvalue weighted by atomic mass is 32.1. The lowest BCUT2D eigenvalue weighted by atomic mass is 10.1. The summed E-state index contributed by atoms with van der Waals surface area (Å²) in [5.74, 6) is -0.716. The molecule has 1 aliphatic rings. The minimum Gasteiger partial charge on any atom is -0.379 e. The van der Waals surface area contributed by atoms with E-state index >= 15 is 0 Å². The van der Waals surface area contributed by atoms with Crippen molar-refractivity contribution in [3.05, 3.63) is 77.3 Å². The third kappa shape index (κ3) is 4.75. The molecule has 3 heterocycles. The van der Waals surface area contributed by atoms with E-state index in [1.165, 1.54) is 16.9 Å². The number of hydrogen-bond donors (Lipinski definition) is 2. The number of para-hydroxylation sites is 1. The number of benzene rings is 2. The van der Waals surface area contributed by atoms with Gasteiger partial charge in [0.05, 0.1) is 25.4 Å². The Bertz CT molecular complexity index is 1320. The average molecular weight is 475 g/mol. The predicted octanol–water partition coefficient (Wildman–Crippen LogP) is 3.79. The van der Waals surface area contributed by atoms with Gasteiger partial charge in [0, 0.05) is 47.2 Å². The Kier molecular flexibility index (Phi) is 6.44. The van der Waals surface area contributed by atoms with Gasteiger partial charge in [-0.2, -0.15) is 0 Å². The highest BCUT2D eigenvalue weighted by Crippen LogP contribution is 2.39. The number of ether oxygens (including phenoxy) is 1. The number of amides is 2. The number of primary amides is 1. The summed E-state index contributed by atoms with van der Waals surface area (Å²) in [7, 11) is 0. The number of morpholine rings is 1. The van der Waals surface area contributed by atoms with Gasteiger partial charge >= 0.3 is 0 Å². The molecular formula is C26H26N4O3S. The number of carbonyl (C=O) groups is 2. The topological polar surface area (TPSA) is 89.6 Å². The van der Waals surface area contributed by atoms with E-state index in [2.05, 4.69) is 40.3 Å². The van der Waals surface area contributed by atoms with Crippen molar-refractivity contribution in [2.45, 2.75) is 6.54 Å². The van der Waals surface area contributed by atoms with Crippen LogP contribution in [0.4, 0.5) is 5.69 Å². The van der Waals surface area contributed by atoms with E-state index in [-0.39, 0.29) is 12.5 Å². The van der Waals surface area contributed by atoms with Crippen LogP contribution in [-0.4, -0.2) is 54.1 Å². The van der Waals surface area contributed by atoms with Crippen LogP contribution in [0.15, 0.2) is 66.9 Å². The van der Waals surface area contributed by atoms with Crippen LogP contribution in [0.3, 0.4) is 0 Å². The normalized spacial score (nSPS) is 14.4. The Balaban J connectivity index is 1.46. The summed E-state index contributed by atoms with van der Waals surface area (Å²) in [5, 5.41) is 3.99. The molecule has 0 atom stereocenters. The maximum absolute atomic E-state index is 12.7. The van der Waals surface area contributed by atoms with Crippen LogP contribution in [0.5, 0.6) is 0 Å². The van der Waals surface area contributed by atoms with Crippen molar-refractivity contribution in [3.63, 3.8) is 0 Å². The van der Waals surface area contributed by atoms with Gasteiger partial charge in [0.1, 0.15) is 4.88 Å². The van der Waals surface area contributed by atoms with E-state index in [0.29, 0.717) is 36.9 Å². The number of nitrogens with zero attached hydrogens (tertiary/aromatic N) is 2. The zero-order valence-corrected chi connectivity index (χ0v) is 19.5. The Morgan fingerprint density at radius 3 is 2.53 bits per heavy atom. The van der Waals surface area contributed by atoms with Crippen molar-refractivity contribution >= 4 is 39.7 Å². The predicted molar refractivity (Wildman–Crippen MR) is 135 cm³/mol. The fourth-order valence-electron chi connectivity index (χ4n) is 4.31. The third-order valence-corrected chi connectivity index (χ3v) is 7.13. The first-order valence-electron chi connectivity index (χ1n) is 11.2. The van der Waals surface area contributed by atoms with Crippen molar-refractivity contribution in [3.8, 4) is 10.4 Å². The Morgan fingerprint density at radius 2 is 1.76 bits per heavy atom. The van der Waals surface area contributed by atoms with Crippen molar-refractivity contribution in [1.29, 1.82) is 0 Å². The molecule has 7 nitrogen and oxygen atoms in total. The zero-order valence-electron chi connectivity index (χ0n) is 18.7. The number of nitrogens with two attached hydrogens (primary N) is 1. The average Bonchev–Trinajstić information content (AvgIpc) is 3.42. The van der Waals surface area contributed by atoms with E-state index in [0.717, 1.165) is 27.9 Å². The monoisotopic (exact) mass is 474 g/mol. The molecule has 0 saturated carbocycles. The van der Waals surface area contributed by atoms with Crippen LogP contribution in [0.2, 0.25) is 0 Å². The maximum Gasteiger partial charge on any atom is 0.260 e. The first-order chi connectivity index (χ1) is 16.6. The van der Waals surface area contributed by atoms with Crippen molar-refractivity contribution < 1.29 is 14.3 Å². The molecule has 1 saturated heterocycles. The molecule has 1 aliphatic heterocycles. The lowest BCUT2D eigenvalue weighted by Crippen LogP contribution is -2.41. The minimum absolute atomic E-state index is 0.166. The fourth-order valence-corrected chi connectivity index (χ4v) is 5.30. The zero-order chi connectivity index (χ0) is 23.5. The second-order valence-corrected chi connectivity index (χ2v) is 9.38. The first-order valence-corrected chi connectivity index (χ1v) is 12.1.